The van der Waals surface area contributed by atoms with E-state index in [1.165, 1.54) is 48.5 Å². The summed E-state index contributed by atoms with van der Waals surface area (Å²) in [5.41, 5.74) is 1.58. The molecule has 0 aliphatic carbocycles. The largest absolute Gasteiger partial charge is 0.394 e. The first-order valence-corrected chi connectivity index (χ1v) is 12.4. The number of aryl methyl sites for hydroxylation is 2. The maximum Gasteiger partial charge on any atom is 0.299 e. The van der Waals surface area contributed by atoms with Crippen molar-refractivity contribution in [2.24, 2.45) is 0 Å². The van der Waals surface area contributed by atoms with Crippen LogP contribution in [0.3, 0.4) is 0 Å². The molecule has 31 heavy (non-hydrogen) atoms. The predicted octanol–water partition coefficient (Wildman–Crippen LogP) is 0.290. The van der Waals surface area contributed by atoms with E-state index < -0.39 is 56.4 Å². The predicted molar refractivity (Wildman–Crippen MR) is 109 cm³/mol. The molecule has 1 saturated heterocycles. The van der Waals surface area contributed by atoms with Gasteiger partial charge in [0.1, 0.15) is 23.6 Å². The summed E-state index contributed by atoms with van der Waals surface area (Å²) in [6.45, 7) is 2.72. The van der Waals surface area contributed by atoms with Crippen molar-refractivity contribution < 1.29 is 41.1 Å². The summed E-state index contributed by atoms with van der Waals surface area (Å²) in [4.78, 5) is -0.448. The molecule has 9 nitrogen and oxygen atoms in total. The van der Waals surface area contributed by atoms with E-state index in [2.05, 4.69) is 0 Å². The van der Waals surface area contributed by atoms with Gasteiger partial charge in [0.15, 0.2) is 16.1 Å². The Morgan fingerprint density at radius 2 is 1.32 bits per heavy atom. The molecular formula is C20H24O9S2. The van der Waals surface area contributed by atoms with Crippen molar-refractivity contribution in [3.8, 4) is 0 Å². The van der Waals surface area contributed by atoms with E-state index >= 15 is 0 Å². The molecule has 1 aliphatic heterocycles. The van der Waals surface area contributed by atoms with Gasteiger partial charge in [-0.1, -0.05) is 35.4 Å². The summed E-state index contributed by atoms with van der Waals surface area (Å²) >= 11 is 0. The molecule has 1 heterocycles. The van der Waals surface area contributed by atoms with Gasteiger partial charge in [0.05, 0.1) is 16.4 Å². The molecular weight excluding hydrogens is 448 g/mol. The highest BCUT2D eigenvalue weighted by molar-refractivity contribution is 7.92. The third-order valence-electron chi connectivity index (χ3n) is 5.06. The lowest BCUT2D eigenvalue weighted by Gasteiger charge is -2.41. The molecule has 2 aromatic carbocycles. The van der Waals surface area contributed by atoms with Gasteiger partial charge in [0, 0.05) is 0 Å². The fourth-order valence-corrected chi connectivity index (χ4v) is 6.07. The van der Waals surface area contributed by atoms with Crippen LogP contribution in [0.15, 0.2) is 58.3 Å². The Morgan fingerprint density at radius 3 is 1.81 bits per heavy atom. The summed E-state index contributed by atoms with van der Waals surface area (Å²) in [5.74, 6) is 0. The minimum atomic E-state index is -4.50. The van der Waals surface area contributed by atoms with E-state index in [1.54, 1.807) is 13.8 Å². The van der Waals surface area contributed by atoms with Gasteiger partial charge in [-0.3, -0.25) is 0 Å². The maximum absolute atomic E-state index is 13.2. The Balaban J connectivity index is 2.03. The van der Waals surface area contributed by atoms with Crippen LogP contribution in [0.1, 0.15) is 11.1 Å². The molecule has 0 spiro atoms. The average molecular weight is 473 g/mol. The van der Waals surface area contributed by atoms with Crippen LogP contribution in [-0.4, -0.2) is 68.6 Å². The second kappa shape index (κ2) is 8.94. The highest BCUT2D eigenvalue weighted by Crippen LogP contribution is 2.33. The summed E-state index contributed by atoms with van der Waals surface area (Å²) in [6, 6.07) is 11.3. The second-order valence-electron chi connectivity index (χ2n) is 7.39. The van der Waals surface area contributed by atoms with Crippen LogP contribution in [0.5, 0.6) is 0 Å². The molecule has 3 rings (SSSR count). The van der Waals surface area contributed by atoms with Crippen molar-refractivity contribution in [3.05, 3.63) is 59.7 Å². The van der Waals surface area contributed by atoms with Gasteiger partial charge >= 0.3 is 0 Å². The van der Waals surface area contributed by atoms with E-state index in [1.807, 2.05) is 0 Å². The van der Waals surface area contributed by atoms with Crippen molar-refractivity contribution in [2.45, 2.75) is 53.5 Å². The smallest absolute Gasteiger partial charge is 0.299 e. The monoisotopic (exact) mass is 472 g/mol. The van der Waals surface area contributed by atoms with Gasteiger partial charge in [-0.05, 0) is 38.1 Å². The first-order valence-electron chi connectivity index (χ1n) is 9.40. The lowest BCUT2D eigenvalue weighted by atomic mass is 10.0. The molecule has 0 saturated carbocycles. The highest BCUT2D eigenvalue weighted by atomic mass is 32.2. The van der Waals surface area contributed by atoms with E-state index in [-0.39, 0.29) is 9.79 Å². The van der Waals surface area contributed by atoms with Crippen molar-refractivity contribution in [1.29, 1.82) is 0 Å². The topological polar surface area (TPSA) is 147 Å². The molecule has 2 aromatic rings. The zero-order chi connectivity index (χ0) is 23.0. The third-order valence-corrected chi connectivity index (χ3v) is 8.50. The second-order valence-corrected chi connectivity index (χ2v) is 11.1. The Kier molecular flexibility index (Phi) is 6.87. The van der Waals surface area contributed by atoms with Crippen LogP contribution in [0.25, 0.3) is 0 Å². The summed E-state index contributed by atoms with van der Waals surface area (Å²) in [5, 5.41) is 28.3. The summed E-state index contributed by atoms with van der Waals surface area (Å²) in [6.07, 6.45) is -7.21. The van der Waals surface area contributed by atoms with Crippen LogP contribution >= 0.6 is 0 Å². The number of sulfone groups is 1. The SMILES string of the molecule is Cc1ccc(S(=O)(=O)O[C@@H]2O[C@H](CO)[C@@H](O)[C@H](O)[C@H]2S(=O)(=O)c2ccc(C)cc2)cc1. The molecule has 170 valence electrons. The molecule has 0 aromatic heterocycles. The zero-order valence-electron chi connectivity index (χ0n) is 16.8. The molecule has 0 bridgehead atoms. The Morgan fingerprint density at radius 1 is 0.839 bits per heavy atom. The van der Waals surface area contributed by atoms with E-state index in [9.17, 15) is 32.2 Å². The van der Waals surface area contributed by atoms with Gasteiger partial charge in [0.2, 0.25) is 0 Å². The van der Waals surface area contributed by atoms with E-state index in [0.29, 0.717) is 0 Å². The quantitative estimate of drug-likeness (QED) is 0.505. The van der Waals surface area contributed by atoms with Crippen molar-refractivity contribution in [3.63, 3.8) is 0 Å². The minimum Gasteiger partial charge on any atom is -0.394 e. The number of rotatable bonds is 6. The number of ether oxygens (including phenoxy) is 1. The fraction of sp³-hybridized carbons (Fsp3) is 0.400. The lowest BCUT2D eigenvalue weighted by molar-refractivity contribution is -0.225. The standard InChI is InChI=1S/C20H24O9S2/c1-12-3-7-14(8-4-12)30(24,25)19-18(23)17(22)16(11-21)28-20(19)29-31(26,27)15-9-5-13(2)6-10-15/h3-10,16-23H,11H2,1-2H3/t16-,17-,18+,19-,20+/m1/s1. The summed E-state index contributed by atoms with van der Waals surface area (Å²) in [7, 11) is -8.90. The van der Waals surface area contributed by atoms with Gasteiger partial charge < -0.3 is 20.1 Å². The number of benzene rings is 2. The van der Waals surface area contributed by atoms with Crippen LogP contribution < -0.4 is 0 Å². The number of aliphatic hydroxyl groups excluding tert-OH is 3. The van der Waals surface area contributed by atoms with Crippen LogP contribution in [0.4, 0.5) is 0 Å². The molecule has 0 amide bonds. The molecule has 0 unspecified atom stereocenters. The fourth-order valence-electron chi connectivity index (χ4n) is 3.23. The Hall–Kier alpha value is -1.86. The van der Waals surface area contributed by atoms with Gasteiger partial charge in [-0.15, -0.1) is 0 Å². The van der Waals surface area contributed by atoms with Crippen molar-refractivity contribution in [1.82, 2.24) is 0 Å². The first-order chi connectivity index (χ1) is 14.5. The van der Waals surface area contributed by atoms with Gasteiger partial charge in [0.25, 0.3) is 10.1 Å². The van der Waals surface area contributed by atoms with Gasteiger partial charge in [-0.2, -0.15) is 8.42 Å². The summed E-state index contributed by atoms with van der Waals surface area (Å²) < 4.78 is 62.4. The Labute approximate surface area is 180 Å². The normalized spacial score (nSPS) is 27.2. The molecule has 3 N–H and O–H groups in total. The first kappa shape index (κ1) is 23.8. The highest BCUT2D eigenvalue weighted by Gasteiger charge is 2.53. The van der Waals surface area contributed by atoms with E-state index in [0.717, 1.165) is 11.1 Å². The molecule has 0 radical (unpaired) electrons. The lowest BCUT2D eigenvalue weighted by Crippen LogP contribution is -2.61. The van der Waals surface area contributed by atoms with Crippen molar-refractivity contribution >= 4 is 20.0 Å². The zero-order valence-corrected chi connectivity index (χ0v) is 18.5. The molecule has 1 aliphatic rings. The molecule has 11 heteroatoms. The molecule has 1 fully saturated rings. The van der Waals surface area contributed by atoms with Crippen LogP contribution in [0.2, 0.25) is 0 Å². The number of hydrogen-bond donors (Lipinski definition) is 3. The number of aliphatic hydroxyl groups is 3. The van der Waals surface area contributed by atoms with Crippen molar-refractivity contribution in [2.75, 3.05) is 6.61 Å². The van der Waals surface area contributed by atoms with Crippen LogP contribution in [-0.2, 0) is 28.9 Å². The Bertz CT molecular complexity index is 1110. The molecule has 5 atom stereocenters. The van der Waals surface area contributed by atoms with Crippen LogP contribution in [0, 0.1) is 13.8 Å². The number of hydrogen-bond acceptors (Lipinski definition) is 9. The van der Waals surface area contributed by atoms with Gasteiger partial charge in [-0.25, -0.2) is 12.6 Å². The average Bonchev–Trinajstić information content (AvgIpc) is 2.71. The maximum atomic E-state index is 13.2. The third kappa shape index (κ3) is 4.82. The minimum absolute atomic E-state index is 0.207. The van der Waals surface area contributed by atoms with E-state index in [4.69, 9.17) is 8.92 Å².